The standard InChI is InChI=1S/C28H35N3O3S/c1-5-6-13-29-27(32)23-18-35-26(30-23)17-31(15-20-7-10-22(11-8-20)28(2,3)4)16-21-9-12-24-25(14-21)34-19-33-24/h7-12,14,18H,5-6,13,15-17,19H2,1-4H3,(H,29,32). The molecule has 35 heavy (non-hydrogen) atoms. The number of fused-ring (bicyclic) bond motifs is 1. The Morgan fingerprint density at radius 2 is 1.74 bits per heavy atom. The van der Waals surface area contributed by atoms with Gasteiger partial charge < -0.3 is 14.8 Å². The molecular formula is C28H35N3O3S. The smallest absolute Gasteiger partial charge is 0.270 e. The first-order chi connectivity index (χ1) is 16.8. The second kappa shape index (κ2) is 11.2. The zero-order chi connectivity index (χ0) is 24.8. The molecule has 186 valence electrons. The third kappa shape index (κ3) is 6.83. The van der Waals surface area contributed by atoms with Crippen LogP contribution in [-0.2, 0) is 25.0 Å². The SMILES string of the molecule is CCCCNC(=O)c1csc(CN(Cc2ccc(C(C)(C)C)cc2)Cc2ccc3c(c2)OCO3)n1. The van der Waals surface area contributed by atoms with Gasteiger partial charge in [0.05, 0.1) is 6.54 Å². The van der Waals surface area contributed by atoms with Crippen molar-refractivity contribution >= 4 is 17.2 Å². The van der Waals surface area contributed by atoms with Crippen molar-refractivity contribution < 1.29 is 14.3 Å². The van der Waals surface area contributed by atoms with E-state index in [1.165, 1.54) is 22.5 Å². The number of carbonyl (C=O) groups is 1. The van der Waals surface area contributed by atoms with E-state index in [-0.39, 0.29) is 18.1 Å². The van der Waals surface area contributed by atoms with Crippen LogP contribution >= 0.6 is 11.3 Å². The summed E-state index contributed by atoms with van der Waals surface area (Å²) in [5.41, 5.74) is 4.34. The second-order valence-corrected chi connectivity index (χ2v) is 11.0. The molecule has 0 bridgehead atoms. The van der Waals surface area contributed by atoms with Gasteiger partial charge in [0.15, 0.2) is 11.5 Å². The van der Waals surface area contributed by atoms with E-state index in [1.807, 2.05) is 17.5 Å². The molecular weight excluding hydrogens is 458 g/mol. The molecule has 0 saturated carbocycles. The zero-order valence-electron chi connectivity index (χ0n) is 21.1. The molecule has 0 saturated heterocycles. The molecule has 1 aliphatic heterocycles. The van der Waals surface area contributed by atoms with Crippen LogP contribution in [0.1, 0.15) is 72.7 Å². The zero-order valence-corrected chi connectivity index (χ0v) is 21.9. The lowest BCUT2D eigenvalue weighted by Crippen LogP contribution is -2.25. The van der Waals surface area contributed by atoms with E-state index in [9.17, 15) is 4.79 Å². The van der Waals surface area contributed by atoms with Gasteiger partial charge in [-0.2, -0.15) is 0 Å². The van der Waals surface area contributed by atoms with E-state index in [0.717, 1.165) is 48.0 Å². The highest BCUT2D eigenvalue weighted by atomic mass is 32.1. The lowest BCUT2D eigenvalue weighted by molar-refractivity contribution is 0.0948. The van der Waals surface area contributed by atoms with Crippen molar-refractivity contribution in [3.05, 3.63) is 75.2 Å². The third-order valence-corrected chi connectivity index (χ3v) is 6.86. The maximum absolute atomic E-state index is 12.4. The molecule has 6 nitrogen and oxygen atoms in total. The number of thiazole rings is 1. The van der Waals surface area contributed by atoms with Gasteiger partial charge in [-0.3, -0.25) is 9.69 Å². The Bertz CT molecular complexity index is 1140. The Balaban J connectivity index is 1.49. The van der Waals surface area contributed by atoms with Crippen LogP contribution in [0.3, 0.4) is 0 Å². The number of carbonyl (C=O) groups excluding carboxylic acids is 1. The summed E-state index contributed by atoms with van der Waals surface area (Å²) in [5.74, 6) is 1.48. The predicted octanol–water partition coefficient (Wildman–Crippen LogP) is 5.90. The Kier molecular flexibility index (Phi) is 8.08. The second-order valence-electron chi connectivity index (χ2n) is 10.0. The first-order valence-electron chi connectivity index (χ1n) is 12.2. The Morgan fingerprint density at radius 1 is 1.03 bits per heavy atom. The van der Waals surface area contributed by atoms with Crippen LogP contribution in [0, 0.1) is 0 Å². The highest BCUT2D eigenvalue weighted by molar-refractivity contribution is 7.09. The first kappa shape index (κ1) is 25.2. The van der Waals surface area contributed by atoms with Gasteiger partial charge in [-0.05, 0) is 40.7 Å². The molecule has 1 aliphatic rings. The minimum absolute atomic E-state index is 0.0963. The molecule has 1 N–H and O–H groups in total. The number of hydrogen-bond donors (Lipinski definition) is 1. The molecule has 2 aromatic carbocycles. The Morgan fingerprint density at radius 3 is 2.49 bits per heavy atom. The number of ether oxygens (including phenoxy) is 2. The lowest BCUT2D eigenvalue weighted by atomic mass is 9.87. The number of aromatic nitrogens is 1. The Labute approximate surface area is 212 Å². The highest BCUT2D eigenvalue weighted by Crippen LogP contribution is 2.33. The van der Waals surface area contributed by atoms with E-state index < -0.39 is 0 Å². The van der Waals surface area contributed by atoms with Gasteiger partial charge in [0.25, 0.3) is 5.91 Å². The number of rotatable bonds is 10. The molecule has 4 rings (SSSR count). The van der Waals surface area contributed by atoms with Crippen molar-refractivity contribution in [1.29, 1.82) is 0 Å². The summed E-state index contributed by atoms with van der Waals surface area (Å²) in [4.78, 5) is 19.4. The van der Waals surface area contributed by atoms with Crippen LogP contribution in [0.25, 0.3) is 0 Å². The van der Waals surface area contributed by atoms with Crippen molar-refractivity contribution in [2.24, 2.45) is 0 Å². The van der Waals surface area contributed by atoms with E-state index in [0.29, 0.717) is 18.8 Å². The normalized spacial score (nSPS) is 12.8. The van der Waals surface area contributed by atoms with Crippen molar-refractivity contribution in [1.82, 2.24) is 15.2 Å². The van der Waals surface area contributed by atoms with Gasteiger partial charge in [0, 0.05) is 25.0 Å². The van der Waals surface area contributed by atoms with E-state index in [1.54, 1.807) is 0 Å². The molecule has 1 aromatic heterocycles. The molecule has 0 aliphatic carbocycles. The molecule has 0 fully saturated rings. The van der Waals surface area contributed by atoms with Gasteiger partial charge in [0.1, 0.15) is 10.7 Å². The number of nitrogens with zero attached hydrogens (tertiary/aromatic N) is 2. The number of benzene rings is 2. The summed E-state index contributed by atoms with van der Waals surface area (Å²) in [7, 11) is 0. The average Bonchev–Trinajstić information content (AvgIpc) is 3.48. The molecule has 0 unspecified atom stereocenters. The van der Waals surface area contributed by atoms with Crippen LogP contribution < -0.4 is 14.8 Å². The monoisotopic (exact) mass is 493 g/mol. The van der Waals surface area contributed by atoms with Gasteiger partial charge in [-0.15, -0.1) is 11.3 Å². The fourth-order valence-corrected chi connectivity index (χ4v) is 4.80. The minimum atomic E-state index is -0.0963. The molecule has 3 aromatic rings. The van der Waals surface area contributed by atoms with Gasteiger partial charge in [0.2, 0.25) is 6.79 Å². The summed E-state index contributed by atoms with van der Waals surface area (Å²) in [6, 6.07) is 15.0. The van der Waals surface area contributed by atoms with Crippen molar-refractivity contribution in [3.63, 3.8) is 0 Å². The van der Waals surface area contributed by atoms with Crippen LogP contribution in [0.5, 0.6) is 11.5 Å². The predicted molar refractivity (Wildman–Crippen MR) is 140 cm³/mol. The van der Waals surface area contributed by atoms with Crippen LogP contribution in [0.15, 0.2) is 47.8 Å². The maximum Gasteiger partial charge on any atom is 0.270 e. The van der Waals surface area contributed by atoms with Gasteiger partial charge >= 0.3 is 0 Å². The van der Waals surface area contributed by atoms with E-state index >= 15 is 0 Å². The molecule has 0 spiro atoms. The molecule has 0 atom stereocenters. The number of hydrogen-bond acceptors (Lipinski definition) is 6. The van der Waals surface area contributed by atoms with Crippen LogP contribution in [0.4, 0.5) is 0 Å². The summed E-state index contributed by atoms with van der Waals surface area (Å²) >= 11 is 1.53. The first-order valence-corrected chi connectivity index (χ1v) is 13.1. The average molecular weight is 494 g/mol. The number of unbranched alkanes of at least 4 members (excludes halogenated alkanes) is 1. The summed E-state index contributed by atoms with van der Waals surface area (Å²) < 4.78 is 11.0. The fraction of sp³-hybridized carbons (Fsp3) is 0.429. The largest absolute Gasteiger partial charge is 0.454 e. The summed E-state index contributed by atoms with van der Waals surface area (Å²) in [6.07, 6.45) is 2.02. The minimum Gasteiger partial charge on any atom is -0.454 e. The summed E-state index contributed by atoms with van der Waals surface area (Å²) in [6.45, 7) is 11.9. The van der Waals surface area contributed by atoms with Gasteiger partial charge in [-0.25, -0.2) is 4.98 Å². The molecule has 1 amide bonds. The van der Waals surface area contributed by atoms with Crippen molar-refractivity contribution in [2.75, 3.05) is 13.3 Å². The molecule has 2 heterocycles. The highest BCUT2D eigenvalue weighted by Gasteiger charge is 2.18. The number of amides is 1. The van der Waals surface area contributed by atoms with Crippen LogP contribution in [-0.4, -0.2) is 29.1 Å². The van der Waals surface area contributed by atoms with Crippen molar-refractivity contribution in [2.45, 2.75) is 65.6 Å². The Hall–Kier alpha value is -2.90. The fourth-order valence-electron chi connectivity index (χ4n) is 3.98. The van der Waals surface area contributed by atoms with Crippen LogP contribution in [0.2, 0.25) is 0 Å². The lowest BCUT2D eigenvalue weighted by Gasteiger charge is -2.23. The molecule has 0 radical (unpaired) electrons. The topological polar surface area (TPSA) is 63.7 Å². The molecule has 7 heteroatoms. The van der Waals surface area contributed by atoms with Crippen molar-refractivity contribution in [3.8, 4) is 11.5 Å². The summed E-state index contributed by atoms with van der Waals surface area (Å²) in [5, 5.41) is 5.74. The number of nitrogens with one attached hydrogen (secondary N) is 1. The van der Waals surface area contributed by atoms with Gasteiger partial charge in [-0.1, -0.05) is 64.4 Å². The maximum atomic E-state index is 12.4. The quantitative estimate of drug-likeness (QED) is 0.356. The van der Waals surface area contributed by atoms with E-state index in [2.05, 4.69) is 73.2 Å². The van der Waals surface area contributed by atoms with E-state index in [4.69, 9.17) is 9.47 Å². The third-order valence-electron chi connectivity index (χ3n) is 6.03.